The fourth-order valence-corrected chi connectivity index (χ4v) is 2.87. The maximum atomic E-state index is 12.0. The van der Waals surface area contributed by atoms with Gasteiger partial charge in [0.15, 0.2) is 0 Å². The summed E-state index contributed by atoms with van der Waals surface area (Å²) in [5, 5.41) is 6.74. The third-order valence-corrected chi connectivity index (χ3v) is 4.44. The third kappa shape index (κ3) is 6.53. The van der Waals surface area contributed by atoms with Gasteiger partial charge >= 0.3 is 0 Å². The SMILES string of the molecule is COc1ccc(C=NNC(=O)CCC(=O)Nc2cc(C)ccc2C)cc1Br. The Morgan fingerprint density at radius 3 is 2.56 bits per heavy atom. The highest BCUT2D eigenvalue weighted by atomic mass is 79.9. The highest BCUT2D eigenvalue weighted by Gasteiger charge is 2.08. The molecule has 0 radical (unpaired) electrons. The van der Waals surface area contributed by atoms with E-state index in [1.54, 1.807) is 13.2 Å². The number of nitrogens with zero attached hydrogens (tertiary/aromatic N) is 1. The first kappa shape index (κ1) is 20.6. The largest absolute Gasteiger partial charge is 0.496 e. The summed E-state index contributed by atoms with van der Waals surface area (Å²) < 4.78 is 5.95. The number of hydrogen-bond donors (Lipinski definition) is 2. The molecule has 0 spiro atoms. The normalized spacial score (nSPS) is 10.7. The van der Waals surface area contributed by atoms with Crippen molar-refractivity contribution >= 4 is 39.6 Å². The maximum Gasteiger partial charge on any atom is 0.240 e. The van der Waals surface area contributed by atoms with Gasteiger partial charge in [-0.3, -0.25) is 9.59 Å². The zero-order valence-corrected chi connectivity index (χ0v) is 17.1. The number of amides is 2. The number of hydrazone groups is 1. The lowest BCUT2D eigenvalue weighted by molar-refractivity contribution is -0.124. The maximum absolute atomic E-state index is 12.0. The summed E-state index contributed by atoms with van der Waals surface area (Å²) in [4.78, 5) is 23.9. The van der Waals surface area contributed by atoms with E-state index in [9.17, 15) is 9.59 Å². The Labute approximate surface area is 167 Å². The van der Waals surface area contributed by atoms with Crippen molar-refractivity contribution < 1.29 is 14.3 Å². The molecule has 0 unspecified atom stereocenters. The molecule has 2 aromatic rings. The number of carbonyl (C=O) groups is 2. The summed E-state index contributed by atoms with van der Waals surface area (Å²) in [6.07, 6.45) is 1.67. The number of rotatable bonds is 7. The van der Waals surface area contributed by atoms with Crippen LogP contribution in [-0.2, 0) is 9.59 Å². The first-order valence-electron chi connectivity index (χ1n) is 8.41. The number of ether oxygens (including phenoxy) is 1. The minimum absolute atomic E-state index is 0.0559. The average molecular weight is 432 g/mol. The van der Waals surface area contributed by atoms with Gasteiger partial charge in [-0.05, 0) is 70.7 Å². The van der Waals surface area contributed by atoms with Crippen LogP contribution in [0.4, 0.5) is 5.69 Å². The molecule has 0 heterocycles. The van der Waals surface area contributed by atoms with Crippen molar-refractivity contribution in [2.75, 3.05) is 12.4 Å². The summed E-state index contributed by atoms with van der Waals surface area (Å²) in [6, 6.07) is 11.3. The second-order valence-electron chi connectivity index (χ2n) is 6.05. The van der Waals surface area contributed by atoms with Gasteiger partial charge in [-0.2, -0.15) is 5.10 Å². The number of aryl methyl sites for hydroxylation is 2. The standard InChI is InChI=1S/C20H22BrN3O3/c1-13-4-5-14(2)17(10-13)23-19(25)8-9-20(26)24-22-12-15-6-7-18(27-3)16(21)11-15/h4-7,10-12H,8-9H2,1-3H3,(H,23,25)(H,24,26). The van der Waals surface area contributed by atoms with Crippen LogP contribution in [0.2, 0.25) is 0 Å². The van der Waals surface area contributed by atoms with Gasteiger partial charge in [-0.1, -0.05) is 12.1 Å². The van der Waals surface area contributed by atoms with Gasteiger partial charge in [0.2, 0.25) is 11.8 Å². The van der Waals surface area contributed by atoms with Crippen molar-refractivity contribution in [2.24, 2.45) is 5.10 Å². The quantitative estimate of drug-likeness (QED) is 0.514. The van der Waals surface area contributed by atoms with Gasteiger partial charge in [0, 0.05) is 18.5 Å². The van der Waals surface area contributed by atoms with Crippen LogP contribution in [0.5, 0.6) is 5.75 Å². The molecule has 0 aromatic heterocycles. The molecule has 0 aliphatic heterocycles. The van der Waals surface area contributed by atoms with Crippen LogP contribution >= 0.6 is 15.9 Å². The van der Waals surface area contributed by atoms with Crippen LogP contribution in [0.15, 0.2) is 46.0 Å². The van der Waals surface area contributed by atoms with E-state index in [4.69, 9.17) is 4.74 Å². The van der Waals surface area contributed by atoms with E-state index in [-0.39, 0.29) is 24.7 Å². The Balaban J connectivity index is 1.79. The minimum atomic E-state index is -0.324. The van der Waals surface area contributed by atoms with Crippen molar-refractivity contribution in [1.29, 1.82) is 0 Å². The Hall–Kier alpha value is -2.67. The minimum Gasteiger partial charge on any atom is -0.496 e. The molecule has 7 heteroatoms. The summed E-state index contributed by atoms with van der Waals surface area (Å²) in [7, 11) is 1.59. The molecule has 2 N–H and O–H groups in total. The van der Waals surface area contributed by atoms with E-state index in [0.717, 1.165) is 26.9 Å². The van der Waals surface area contributed by atoms with Crippen molar-refractivity contribution in [3.05, 3.63) is 57.6 Å². The number of carbonyl (C=O) groups excluding carboxylic acids is 2. The molecule has 2 rings (SSSR count). The molecular weight excluding hydrogens is 410 g/mol. The number of methoxy groups -OCH3 is 1. The van der Waals surface area contributed by atoms with E-state index >= 15 is 0 Å². The number of benzene rings is 2. The number of nitrogens with one attached hydrogen (secondary N) is 2. The average Bonchev–Trinajstić information content (AvgIpc) is 2.63. The predicted molar refractivity (Wildman–Crippen MR) is 110 cm³/mol. The smallest absolute Gasteiger partial charge is 0.240 e. The van der Waals surface area contributed by atoms with Crippen LogP contribution in [0, 0.1) is 13.8 Å². The molecule has 142 valence electrons. The fourth-order valence-electron chi connectivity index (χ4n) is 2.31. The van der Waals surface area contributed by atoms with Gasteiger partial charge in [-0.15, -0.1) is 0 Å². The molecular formula is C20H22BrN3O3. The highest BCUT2D eigenvalue weighted by Crippen LogP contribution is 2.24. The topological polar surface area (TPSA) is 79.8 Å². The van der Waals surface area contributed by atoms with Crippen molar-refractivity contribution in [3.8, 4) is 5.75 Å². The molecule has 0 bridgehead atoms. The van der Waals surface area contributed by atoms with Crippen LogP contribution in [0.3, 0.4) is 0 Å². The second kappa shape index (κ2) is 9.87. The first-order valence-corrected chi connectivity index (χ1v) is 9.21. The molecule has 27 heavy (non-hydrogen) atoms. The second-order valence-corrected chi connectivity index (χ2v) is 6.91. The van der Waals surface area contributed by atoms with E-state index in [1.807, 2.05) is 44.2 Å². The van der Waals surface area contributed by atoms with E-state index in [0.29, 0.717) is 5.75 Å². The molecule has 2 aromatic carbocycles. The number of halogens is 1. The lowest BCUT2D eigenvalue weighted by Crippen LogP contribution is -2.20. The van der Waals surface area contributed by atoms with Gasteiger partial charge in [0.05, 0.1) is 17.8 Å². The Bertz CT molecular complexity index is 866. The molecule has 0 aliphatic rings. The first-order chi connectivity index (χ1) is 12.9. The summed E-state index contributed by atoms with van der Waals surface area (Å²) in [5.74, 6) is 0.183. The lowest BCUT2D eigenvalue weighted by Gasteiger charge is -2.09. The number of hydrogen-bond acceptors (Lipinski definition) is 4. The van der Waals surface area contributed by atoms with E-state index < -0.39 is 0 Å². The monoisotopic (exact) mass is 431 g/mol. The van der Waals surface area contributed by atoms with Crippen molar-refractivity contribution in [3.63, 3.8) is 0 Å². The summed E-state index contributed by atoms with van der Waals surface area (Å²) >= 11 is 3.39. The van der Waals surface area contributed by atoms with Crippen LogP contribution < -0.4 is 15.5 Å². The molecule has 0 saturated heterocycles. The summed E-state index contributed by atoms with van der Waals surface area (Å²) in [5.41, 5.74) is 6.03. The van der Waals surface area contributed by atoms with E-state index in [2.05, 4.69) is 31.8 Å². The molecule has 6 nitrogen and oxygen atoms in total. The van der Waals surface area contributed by atoms with E-state index in [1.165, 1.54) is 6.21 Å². The van der Waals surface area contributed by atoms with Crippen molar-refractivity contribution in [1.82, 2.24) is 5.43 Å². The molecule has 0 fully saturated rings. The Morgan fingerprint density at radius 1 is 1.11 bits per heavy atom. The lowest BCUT2D eigenvalue weighted by atomic mass is 10.1. The predicted octanol–water partition coefficient (Wildman–Crippen LogP) is 3.94. The third-order valence-electron chi connectivity index (χ3n) is 3.83. The van der Waals surface area contributed by atoms with Crippen LogP contribution in [0.25, 0.3) is 0 Å². The van der Waals surface area contributed by atoms with Crippen LogP contribution in [0.1, 0.15) is 29.5 Å². The Morgan fingerprint density at radius 2 is 1.85 bits per heavy atom. The molecule has 0 aliphatic carbocycles. The van der Waals surface area contributed by atoms with Gasteiger partial charge in [0.25, 0.3) is 0 Å². The Kier molecular flexibility index (Phi) is 7.55. The molecule has 0 saturated carbocycles. The molecule has 2 amide bonds. The van der Waals surface area contributed by atoms with Crippen molar-refractivity contribution in [2.45, 2.75) is 26.7 Å². The van der Waals surface area contributed by atoms with Gasteiger partial charge in [0.1, 0.15) is 5.75 Å². The summed E-state index contributed by atoms with van der Waals surface area (Å²) in [6.45, 7) is 3.88. The highest BCUT2D eigenvalue weighted by molar-refractivity contribution is 9.10. The zero-order chi connectivity index (χ0) is 19.8. The van der Waals surface area contributed by atoms with Gasteiger partial charge < -0.3 is 10.1 Å². The van der Waals surface area contributed by atoms with Crippen LogP contribution in [-0.4, -0.2) is 25.1 Å². The zero-order valence-electron chi connectivity index (χ0n) is 15.5. The fraction of sp³-hybridized carbons (Fsp3) is 0.250. The van der Waals surface area contributed by atoms with Gasteiger partial charge in [-0.25, -0.2) is 5.43 Å². The molecule has 0 atom stereocenters. The number of anilines is 1.